The molecule has 13 nitrogen and oxygen atoms in total. The normalized spacial score (nSPS) is 13.1. The van der Waals surface area contributed by atoms with Gasteiger partial charge >= 0.3 is 0 Å². The van der Waals surface area contributed by atoms with E-state index in [0.29, 0.717) is 28.7 Å². The number of aryl methyl sites for hydroxylation is 1. The molecule has 1 unspecified atom stereocenters. The number of anilines is 1. The summed E-state index contributed by atoms with van der Waals surface area (Å²) < 4.78 is 52.3. The number of para-hydroxylation sites is 1. The lowest BCUT2D eigenvalue weighted by Gasteiger charge is -2.21. The van der Waals surface area contributed by atoms with Crippen molar-refractivity contribution in [2.45, 2.75) is 25.2 Å². The minimum atomic E-state index is -4.24. The molecule has 0 aliphatic rings. The van der Waals surface area contributed by atoms with E-state index in [0.717, 1.165) is 0 Å². The first-order valence-electron chi connectivity index (χ1n) is 11.0. The Hall–Kier alpha value is -4.17. The van der Waals surface area contributed by atoms with Crippen molar-refractivity contribution < 1.29 is 32.2 Å². The average Bonchev–Trinajstić information content (AvgIpc) is 3.52. The maximum atomic E-state index is 13.4. The third-order valence-electron chi connectivity index (χ3n) is 5.58. The van der Waals surface area contributed by atoms with E-state index < -0.39 is 21.4 Å². The van der Waals surface area contributed by atoms with Gasteiger partial charge in [-0.25, -0.2) is 13.4 Å². The summed E-state index contributed by atoms with van der Waals surface area (Å²) in [5, 5.41) is 17.6. The van der Waals surface area contributed by atoms with Crippen LogP contribution in [0.2, 0.25) is 0 Å². The molecule has 0 radical (unpaired) electrons. The Kier molecular flexibility index (Phi) is 7.31. The number of methoxy groups -OCH3 is 3. The number of nitrogens with one attached hydrogen (secondary N) is 1. The third kappa shape index (κ3) is 5.06. The zero-order chi connectivity index (χ0) is 26.7. The second kappa shape index (κ2) is 10.4. The molecule has 0 saturated heterocycles. The Morgan fingerprint density at radius 2 is 1.70 bits per heavy atom. The number of sulfonamides is 1. The molecule has 0 bridgehead atoms. The van der Waals surface area contributed by atoms with Gasteiger partial charge in [0.25, 0.3) is 0 Å². The highest BCUT2D eigenvalue weighted by molar-refractivity contribution is 7.93. The fraction of sp³-hybridized carbons (Fsp3) is 0.304. The molecule has 0 spiro atoms. The summed E-state index contributed by atoms with van der Waals surface area (Å²) in [6.07, 6.45) is 1.03. The molecule has 3 aromatic heterocycles. The van der Waals surface area contributed by atoms with Crippen molar-refractivity contribution in [1.82, 2.24) is 24.7 Å². The molecule has 4 rings (SSSR count). The second-order valence-corrected chi connectivity index (χ2v) is 9.92. The van der Waals surface area contributed by atoms with Crippen LogP contribution in [0.15, 0.2) is 47.1 Å². The number of nitrogens with zero attached hydrogens (tertiary/aromatic N) is 5. The van der Waals surface area contributed by atoms with Crippen molar-refractivity contribution in [3.05, 3.63) is 54.2 Å². The monoisotopic (exact) mass is 530 g/mol. The molecule has 0 amide bonds. The molecular weight excluding hydrogens is 504 g/mol. The first-order chi connectivity index (χ1) is 17.7. The molecule has 3 heterocycles. The Balaban J connectivity index is 1.79. The predicted octanol–water partition coefficient (Wildman–Crippen LogP) is 2.52. The van der Waals surface area contributed by atoms with Gasteiger partial charge in [-0.2, -0.15) is 0 Å². The molecule has 0 fully saturated rings. The van der Waals surface area contributed by atoms with E-state index in [1.165, 1.54) is 45.2 Å². The summed E-state index contributed by atoms with van der Waals surface area (Å²) >= 11 is 0. The predicted molar refractivity (Wildman–Crippen MR) is 132 cm³/mol. The van der Waals surface area contributed by atoms with Crippen molar-refractivity contribution >= 4 is 16.0 Å². The van der Waals surface area contributed by atoms with Crippen LogP contribution in [0, 0.1) is 6.92 Å². The van der Waals surface area contributed by atoms with Gasteiger partial charge in [0.05, 0.1) is 39.4 Å². The van der Waals surface area contributed by atoms with Crippen LogP contribution in [0.25, 0.3) is 17.3 Å². The van der Waals surface area contributed by atoms with Crippen LogP contribution < -0.4 is 18.9 Å². The molecule has 2 N–H and O–H groups in total. The van der Waals surface area contributed by atoms with Gasteiger partial charge in [0, 0.05) is 0 Å². The number of aliphatic hydroxyl groups is 1. The van der Waals surface area contributed by atoms with Gasteiger partial charge in [-0.15, -0.1) is 10.2 Å². The lowest BCUT2D eigenvalue weighted by atomic mass is 10.2. The van der Waals surface area contributed by atoms with Crippen LogP contribution in [0.3, 0.4) is 0 Å². The van der Waals surface area contributed by atoms with Crippen molar-refractivity contribution in [2.24, 2.45) is 0 Å². The van der Waals surface area contributed by atoms with Gasteiger partial charge in [-0.3, -0.25) is 14.3 Å². The molecule has 0 aliphatic carbocycles. The number of furan rings is 1. The molecular formula is C23H26N6O7S. The number of benzene rings is 1. The fourth-order valence-electron chi connectivity index (χ4n) is 3.54. The Bertz CT molecular complexity index is 1460. The summed E-state index contributed by atoms with van der Waals surface area (Å²) in [7, 11) is 0.114. The zero-order valence-electron chi connectivity index (χ0n) is 20.7. The van der Waals surface area contributed by atoms with Crippen LogP contribution in [0.1, 0.15) is 24.5 Å². The Morgan fingerprint density at radius 3 is 2.24 bits per heavy atom. The summed E-state index contributed by atoms with van der Waals surface area (Å²) in [6, 6.07) is 8.52. The van der Waals surface area contributed by atoms with E-state index in [-0.39, 0.29) is 23.3 Å². The van der Waals surface area contributed by atoms with E-state index in [9.17, 15) is 13.5 Å². The van der Waals surface area contributed by atoms with Gasteiger partial charge in [0.2, 0.25) is 27.7 Å². The van der Waals surface area contributed by atoms with Crippen LogP contribution in [0.5, 0.6) is 17.4 Å². The van der Waals surface area contributed by atoms with Gasteiger partial charge in [0.1, 0.15) is 34.3 Å². The van der Waals surface area contributed by atoms with Gasteiger partial charge in [0.15, 0.2) is 5.76 Å². The van der Waals surface area contributed by atoms with Crippen LogP contribution in [0.4, 0.5) is 5.95 Å². The molecule has 14 heteroatoms. The van der Waals surface area contributed by atoms with Crippen molar-refractivity contribution in [3.8, 4) is 34.7 Å². The third-order valence-corrected chi connectivity index (χ3v) is 7.28. The minimum Gasteiger partial charge on any atom is -0.494 e. The van der Waals surface area contributed by atoms with Crippen LogP contribution >= 0.6 is 0 Å². The van der Waals surface area contributed by atoms with Crippen LogP contribution in [-0.4, -0.2) is 64.8 Å². The Labute approximate surface area is 213 Å². The molecule has 196 valence electrons. The van der Waals surface area contributed by atoms with E-state index >= 15 is 0 Å². The van der Waals surface area contributed by atoms with Crippen molar-refractivity contribution in [1.29, 1.82) is 0 Å². The summed E-state index contributed by atoms with van der Waals surface area (Å²) in [5.41, 5.74) is 0.395. The number of rotatable bonds is 10. The smallest absolute Gasteiger partial charge is 0.243 e. The summed E-state index contributed by atoms with van der Waals surface area (Å²) in [6.45, 7) is 3.10. The Morgan fingerprint density at radius 1 is 1.00 bits per heavy atom. The SMILES string of the molecule is COc1cnc(C(O)[C@@H](C)S(=O)(=O)Nc2nnc(-c3ccc(C)o3)n2-c2c(OC)cccc2OC)cn1. The minimum absolute atomic E-state index is 0.0540. The quantitative estimate of drug-likeness (QED) is 0.309. The molecule has 1 aromatic carbocycles. The maximum Gasteiger partial charge on any atom is 0.243 e. The molecule has 2 atom stereocenters. The number of aromatic nitrogens is 5. The number of ether oxygens (including phenoxy) is 3. The second-order valence-electron chi connectivity index (χ2n) is 7.88. The van der Waals surface area contributed by atoms with E-state index in [2.05, 4.69) is 24.9 Å². The lowest BCUT2D eigenvalue weighted by molar-refractivity contribution is 0.170. The van der Waals surface area contributed by atoms with Gasteiger partial charge in [-0.05, 0) is 38.1 Å². The average molecular weight is 531 g/mol. The van der Waals surface area contributed by atoms with Gasteiger partial charge in [-0.1, -0.05) is 6.07 Å². The number of hydrogen-bond donors (Lipinski definition) is 2. The largest absolute Gasteiger partial charge is 0.494 e. The van der Waals surface area contributed by atoms with Crippen molar-refractivity contribution in [3.63, 3.8) is 0 Å². The highest BCUT2D eigenvalue weighted by atomic mass is 32.2. The first kappa shape index (κ1) is 25.9. The molecule has 37 heavy (non-hydrogen) atoms. The first-order valence-corrected chi connectivity index (χ1v) is 12.5. The summed E-state index contributed by atoms with van der Waals surface area (Å²) in [4.78, 5) is 8.01. The van der Waals surface area contributed by atoms with Crippen molar-refractivity contribution in [2.75, 3.05) is 26.1 Å². The zero-order valence-corrected chi connectivity index (χ0v) is 21.6. The summed E-state index contributed by atoms with van der Waals surface area (Å²) in [5.74, 6) is 1.94. The number of aliphatic hydroxyl groups excluding tert-OH is 1. The standard InChI is InChI=1S/C23H26N6O7S/c1-13-9-10-18(36-13)22-26-27-23(29(22)20-16(33-3)7-6-8-17(20)34-4)28-37(31,32)14(2)21(30)15-11-25-19(35-5)12-24-15/h6-12,14,21,30H,1-5H3,(H,27,28)/t14-,21?/m1/s1. The number of hydrogen-bond acceptors (Lipinski definition) is 11. The van der Waals surface area contributed by atoms with Crippen LogP contribution in [-0.2, 0) is 10.0 Å². The molecule has 0 aliphatic heterocycles. The molecule has 0 saturated carbocycles. The fourth-order valence-corrected chi connectivity index (χ4v) is 4.59. The lowest BCUT2D eigenvalue weighted by Crippen LogP contribution is -2.32. The highest BCUT2D eigenvalue weighted by Crippen LogP contribution is 2.38. The highest BCUT2D eigenvalue weighted by Gasteiger charge is 2.33. The van der Waals surface area contributed by atoms with Gasteiger partial charge < -0.3 is 23.7 Å². The molecule has 4 aromatic rings. The maximum absolute atomic E-state index is 13.4. The van der Waals surface area contributed by atoms with E-state index in [4.69, 9.17) is 18.6 Å². The van der Waals surface area contributed by atoms with E-state index in [1.807, 2.05) is 0 Å². The topological polar surface area (TPSA) is 164 Å². The van der Waals surface area contributed by atoms with E-state index in [1.54, 1.807) is 37.3 Å².